The lowest BCUT2D eigenvalue weighted by atomic mass is 10.1. The molecule has 8 nitrogen and oxygen atoms in total. The molecule has 0 unspecified atom stereocenters. The first-order chi connectivity index (χ1) is 12.0. The molecule has 0 aliphatic rings. The van der Waals surface area contributed by atoms with Gasteiger partial charge in [0.15, 0.2) is 0 Å². The van der Waals surface area contributed by atoms with Crippen LogP contribution >= 0.6 is 0 Å². The molecule has 2 aromatic rings. The molecule has 0 atom stereocenters. The molecule has 0 amide bonds. The van der Waals surface area contributed by atoms with Crippen LogP contribution in [0.2, 0.25) is 0 Å². The number of benzene rings is 1. The molecule has 0 aliphatic carbocycles. The van der Waals surface area contributed by atoms with E-state index in [4.69, 9.17) is 9.47 Å². The Morgan fingerprint density at radius 1 is 1.16 bits per heavy atom. The zero-order valence-corrected chi connectivity index (χ0v) is 14.8. The summed E-state index contributed by atoms with van der Waals surface area (Å²) >= 11 is 0. The van der Waals surface area contributed by atoms with Crippen LogP contribution < -0.4 is 4.74 Å². The van der Waals surface area contributed by atoms with Gasteiger partial charge in [0.25, 0.3) is 0 Å². The molecule has 136 valence electrons. The molecule has 0 saturated carbocycles. The quantitative estimate of drug-likeness (QED) is 0.585. The minimum absolute atomic E-state index is 0.519. The molecule has 0 saturated heterocycles. The molecule has 0 aliphatic heterocycles. The number of ether oxygens (including phenoxy) is 4. The Balaban J connectivity index is 2.26. The standard InChI is InChI=1S/C17H22N2O6/c1-18(2)8-7-12-10-19(16(20)24-11-25-17(21)23-4)15-6-5-13(22-3)9-14(12)15/h5-6,9-10H,7-8,11H2,1-4H3. The fourth-order valence-corrected chi connectivity index (χ4v) is 2.36. The van der Waals surface area contributed by atoms with Crippen LogP contribution in [0.1, 0.15) is 5.56 Å². The summed E-state index contributed by atoms with van der Waals surface area (Å²) in [6.07, 6.45) is 0.931. The van der Waals surface area contributed by atoms with Crippen molar-refractivity contribution < 1.29 is 28.5 Å². The number of fused-ring (bicyclic) bond motifs is 1. The largest absolute Gasteiger partial charge is 0.510 e. The highest BCUT2D eigenvalue weighted by Gasteiger charge is 2.16. The van der Waals surface area contributed by atoms with Crippen molar-refractivity contribution >= 4 is 23.2 Å². The van der Waals surface area contributed by atoms with E-state index in [1.165, 1.54) is 11.7 Å². The van der Waals surface area contributed by atoms with Crippen molar-refractivity contribution in [2.75, 3.05) is 41.7 Å². The number of hydrogen-bond donors (Lipinski definition) is 0. The number of carbonyl (C=O) groups is 2. The predicted octanol–water partition coefficient (Wildman–Crippen LogP) is 2.48. The molecule has 25 heavy (non-hydrogen) atoms. The zero-order valence-electron chi connectivity index (χ0n) is 14.8. The van der Waals surface area contributed by atoms with Gasteiger partial charge in [-0.2, -0.15) is 0 Å². The first-order valence-corrected chi connectivity index (χ1v) is 7.66. The van der Waals surface area contributed by atoms with Gasteiger partial charge in [0.2, 0.25) is 6.79 Å². The second-order valence-corrected chi connectivity index (χ2v) is 5.59. The van der Waals surface area contributed by atoms with Gasteiger partial charge in [-0.3, -0.25) is 4.57 Å². The van der Waals surface area contributed by atoms with Crippen LogP contribution in [0.3, 0.4) is 0 Å². The average molecular weight is 350 g/mol. The summed E-state index contributed by atoms with van der Waals surface area (Å²) in [6.45, 7) is 0.311. The number of rotatable bonds is 6. The molecule has 0 bridgehead atoms. The molecule has 1 heterocycles. The Bertz CT molecular complexity index is 753. The van der Waals surface area contributed by atoms with Gasteiger partial charge in [-0.1, -0.05) is 0 Å². The maximum absolute atomic E-state index is 12.3. The van der Waals surface area contributed by atoms with Gasteiger partial charge < -0.3 is 23.8 Å². The number of likely N-dealkylation sites (N-methyl/N-ethyl adjacent to an activating group) is 1. The number of nitrogens with zero attached hydrogens (tertiary/aromatic N) is 2. The van der Waals surface area contributed by atoms with E-state index in [1.54, 1.807) is 25.4 Å². The van der Waals surface area contributed by atoms with Crippen LogP contribution in [0.4, 0.5) is 9.59 Å². The van der Waals surface area contributed by atoms with Gasteiger partial charge in [0.05, 0.1) is 19.7 Å². The Labute approximate surface area is 145 Å². The lowest BCUT2D eigenvalue weighted by Gasteiger charge is -2.08. The maximum Gasteiger partial charge on any atom is 0.510 e. The number of hydrogen-bond acceptors (Lipinski definition) is 7. The Morgan fingerprint density at radius 3 is 2.56 bits per heavy atom. The highest BCUT2D eigenvalue weighted by Crippen LogP contribution is 2.26. The zero-order chi connectivity index (χ0) is 18.4. The monoisotopic (exact) mass is 350 g/mol. The second-order valence-electron chi connectivity index (χ2n) is 5.59. The lowest BCUT2D eigenvalue weighted by molar-refractivity contribution is -0.00643. The lowest BCUT2D eigenvalue weighted by Crippen LogP contribution is -2.17. The molecular formula is C17H22N2O6. The Hall–Kier alpha value is -2.74. The van der Waals surface area contributed by atoms with Crippen LogP contribution in [0.25, 0.3) is 10.9 Å². The Morgan fingerprint density at radius 2 is 1.92 bits per heavy atom. The molecule has 1 aromatic heterocycles. The highest BCUT2D eigenvalue weighted by molar-refractivity contribution is 5.92. The van der Waals surface area contributed by atoms with Crippen LogP contribution in [0.15, 0.2) is 24.4 Å². The maximum atomic E-state index is 12.3. The molecule has 0 spiro atoms. The molecule has 8 heteroatoms. The fraction of sp³-hybridized carbons (Fsp3) is 0.412. The van der Waals surface area contributed by atoms with Crippen LogP contribution in [-0.4, -0.2) is 63.4 Å². The van der Waals surface area contributed by atoms with E-state index in [9.17, 15) is 9.59 Å². The van der Waals surface area contributed by atoms with Gasteiger partial charge in [0.1, 0.15) is 5.75 Å². The fourth-order valence-electron chi connectivity index (χ4n) is 2.36. The van der Waals surface area contributed by atoms with Gasteiger partial charge in [-0.15, -0.1) is 0 Å². The number of carbonyl (C=O) groups excluding carboxylic acids is 2. The van der Waals surface area contributed by atoms with E-state index in [2.05, 4.69) is 14.4 Å². The summed E-state index contributed by atoms with van der Waals surface area (Å²) in [5.74, 6) is 0.707. The van der Waals surface area contributed by atoms with Crippen molar-refractivity contribution in [1.29, 1.82) is 0 Å². The summed E-state index contributed by atoms with van der Waals surface area (Å²) < 4.78 is 20.5. The van der Waals surface area contributed by atoms with Crippen LogP contribution in [-0.2, 0) is 20.6 Å². The van der Waals surface area contributed by atoms with Crippen LogP contribution in [0.5, 0.6) is 5.75 Å². The SMILES string of the molecule is COC(=O)OCOC(=O)n1cc(CCN(C)C)c2cc(OC)ccc21. The van der Waals surface area contributed by atoms with Crippen molar-refractivity contribution in [1.82, 2.24) is 9.47 Å². The molecule has 0 N–H and O–H groups in total. The van der Waals surface area contributed by atoms with Crippen molar-refractivity contribution in [2.45, 2.75) is 6.42 Å². The summed E-state index contributed by atoms with van der Waals surface area (Å²) in [6, 6.07) is 5.44. The third kappa shape index (κ3) is 4.63. The molecule has 0 radical (unpaired) electrons. The van der Waals surface area contributed by atoms with E-state index < -0.39 is 19.0 Å². The smallest absolute Gasteiger partial charge is 0.497 e. The van der Waals surface area contributed by atoms with E-state index in [0.29, 0.717) is 11.3 Å². The first-order valence-electron chi connectivity index (χ1n) is 7.66. The molecule has 1 aromatic carbocycles. The average Bonchev–Trinajstić information content (AvgIpc) is 2.97. The third-order valence-electron chi connectivity index (χ3n) is 3.65. The normalized spacial score (nSPS) is 10.8. The van der Waals surface area contributed by atoms with Gasteiger partial charge in [-0.25, -0.2) is 9.59 Å². The van der Waals surface area contributed by atoms with Gasteiger partial charge >= 0.3 is 12.2 Å². The molecule has 0 fully saturated rings. The van der Waals surface area contributed by atoms with Crippen molar-refractivity contribution in [3.8, 4) is 5.75 Å². The molecule has 2 rings (SSSR count). The summed E-state index contributed by atoms with van der Waals surface area (Å²) in [5.41, 5.74) is 1.69. The minimum Gasteiger partial charge on any atom is -0.497 e. The summed E-state index contributed by atoms with van der Waals surface area (Å²) in [7, 11) is 6.74. The van der Waals surface area contributed by atoms with Gasteiger partial charge in [0, 0.05) is 18.1 Å². The van der Waals surface area contributed by atoms with Crippen molar-refractivity contribution in [3.05, 3.63) is 30.0 Å². The van der Waals surface area contributed by atoms with E-state index in [1.807, 2.05) is 20.2 Å². The van der Waals surface area contributed by atoms with Gasteiger partial charge in [-0.05, 0) is 44.3 Å². The Kier molecular flexibility index (Phi) is 6.24. The van der Waals surface area contributed by atoms with Crippen molar-refractivity contribution in [2.24, 2.45) is 0 Å². The summed E-state index contributed by atoms with van der Waals surface area (Å²) in [4.78, 5) is 25.3. The van der Waals surface area contributed by atoms with Crippen LogP contribution in [0, 0.1) is 0 Å². The second kappa shape index (κ2) is 8.39. The van der Waals surface area contributed by atoms with Crippen molar-refractivity contribution in [3.63, 3.8) is 0 Å². The number of aromatic nitrogens is 1. The number of methoxy groups -OCH3 is 2. The van der Waals surface area contributed by atoms with E-state index >= 15 is 0 Å². The predicted molar refractivity (Wildman–Crippen MR) is 91.0 cm³/mol. The first kappa shape index (κ1) is 18.6. The topological polar surface area (TPSA) is 79.2 Å². The van der Waals surface area contributed by atoms with E-state index in [-0.39, 0.29) is 0 Å². The van der Waals surface area contributed by atoms with E-state index in [0.717, 1.165) is 23.9 Å². The third-order valence-corrected chi connectivity index (χ3v) is 3.65. The minimum atomic E-state index is -0.915. The molecular weight excluding hydrogens is 328 g/mol. The summed E-state index contributed by atoms with van der Waals surface area (Å²) in [5, 5.41) is 0.909. The highest BCUT2D eigenvalue weighted by atomic mass is 16.8.